The van der Waals surface area contributed by atoms with Gasteiger partial charge in [-0.1, -0.05) is 12.8 Å². The molecule has 0 aromatic carbocycles. The number of nitrogens with one attached hydrogen (secondary N) is 1. The first-order valence-electron chi connectivity index (χ1n) is 7.60. The van der Waals surface area contributed by atoms with Crippen LogP contribution in [0.15, 0.2) is 23.1 Å². The third kappa shape index (κ3) is 5.23. The Balaban J connectivity index is 1.74. The summed E-state index contributed by atoms with van der Waals surface area (Å²) >= 11 is 0. The van der Waals surface area contributed by atoms with Gasteiger partial charge in [-0.05, 0) is 32.0 Å². The maximum Gasteiger partial charge on any atom is 0.251 e. The number of nitrogen functional groups attached to an aromatic ring is 1. The van der Waals surface area contributed by atoms with Crippen molar-refractivity contribution in [1.29, 1.82) is 0 Å². The van der Waals surface area contributed by atoms with E-state index in [0.29, 0.717) is 12.2 Å². The molecule has 0 spiro atoms. The zero-order valence-electron chi connectivity index (χ0n) is 12.4. The van der Waals surface area contributed by atoms with E-state index in [1.807, 2.05) is 0 Å². The zero-order chi connectivity index (χ0) is 15.1. The van der Waals surface area contributed by atoms with E-state index in [4.69, 9.17) is 5.73 Å². The van der Waals surface area contributed by atoms with Gasteiger partial charge in [0.05, 0.1) is 0 Å². The number of carbonyl (C=O) groups is 1. The highest BCUT2D eigenvalue weighted by atomic mass is 16.2. The van der Waals surface area contributed by atoms with Crippen molar-refractivity contribution in [3.05, 3.63) is 28.7 Å². The molecule has 3 N–H and O–H groups in total. The molecule has 2 rings (SSSR count). The predicted molar refractivity (Wildman–Crippen MR) is 83.0 cm³/mol. The average Bonchev–Trinajstić information content (AvgIpc) is 2.72. The highest BCUT2D eigenvalue weighted by molar-refractivity contribution is 5.75. The van der Waals surface area contributed by atoms with Gasteiger partial charge in [-0.15, -0.1) is 0 Å². The average molecular weight is 292 g/mol. The number of rotatable bonds is 5. The molecular formula is C15H24N4O2. The summed E-state index contributed by atoms with van der Waals surface area (Å²) in [4.78, 5) is 25.8. The number of aromatic nitrogens is 1. The van der Waals surface area contributed by atoms with Crippen LogP contribution >= 0.6 is 0 Å². The SMILES string of the molecule is Nc1ccc(=O)n(CC(=O)NCCN2CCCCCC2)c1. The Bertz CT molecular complexity index is 519. The topological polar surface area (TPSA) is 80.4 Å². The van der Waals surface area contributed by atoms with Gasteiger partial charge in [-0.3, -0.25) is 9.59 Å². The Labute approximate surface area is 124 Å². The van der Waals surface area contributed by atoms with Crippen LogP contribution in [-0.4, -0.2) is 41.6 Å². The lowest BCUT2D eigenvalue weighted by molar-refractivity contribution is -0.121. The summed E-state index contributed by atoms with van der Waals surface area (Å²) in [5.41, 5.74) is 5.88. The molecule has 1 fully saturated rings. The summed E-state index contributed by atoms with van der Waals surface area (Å²) in [7, 11) is 0. The fraction of sp³-hybridized carbons (Fsp3) is 0.600. The Morgan fingerprint density at radius 1 is 1.19 bits per heavy atom. The van der Waals surface area contributed by atoms with Crippen molar-refractivity contribution in [3.63, 3.8) is 0 Å². The lowest BCUT2D eigenvalue weighted by atomic mass is 10.2. The predicted octanol–water partition coefficient (Wildman–Crippen LogP) is 0.423. The third-order valence-corrected chi connectivity index (χ3v) is 3.77. The van der Waals surface area contributed by atoms with E-state index in [-0.39, 0.29) is 18.0 Å². The van der Waals surface area contributed by atoms with Crippen LogP contribution < -0.4 is 16.6 Å². The molecule has 1 aliphatic rings. The van der Waals surface area contributed by atoms with Crippen molar-refractivity contribution >= 4 is 11.6 Å². The van der Waals surface area contributed by atoms with Gasteiger partial charge in [0.15, 0.2) is 0 Å². The van der Waals surface area contributed by atoms with E-state index in [1.54, 1.807) is 0 Å². The number of hydrogen-bond donors (Lipinski definition) is 2. The zero-order valence-corrected chi connectivity index (χ0v) is 12.4. The normalized spacial score (nSPS) is 16.4. The number of amides is 1. The quantitative estimate of drug-likeness (QED) is 0.824. The molecule has 1 saturated heterocycles. The molecule has 0 aliphatic carbocycles. The number of carbonyl (C=O) groups excluding carboxylic acids is 1. The van der Waals surface area contributed by atoms with Crippen molar-refractivity contribution in [2.45, 2.75) is 32.2 Å². The summed E-state index contributed by atoms with van der Waals surface area (Å²) < 4.78 is 1.33. The van der Waals surface area contributed by atoms with Gasteiger partial charge in [-0.25, -0.2) is 0 Å². The largest absolute Gasteiger partial charge is 0.398 e. The molecule has 0 saturated carbocycles. The van der Waals surface area contributed by atoms with E-state index >= 15 is 0 Å². The Hall–Kier alpha value is -1.82. The molecule has 0 atom stereocenters. The van der Waals surface area contributed by atoms with Gasteiger partial charge < -0.3 is 20.5 Å². The molecule has 0 unspecified atom stereocenters. The van der Waals surface area contributed by atoms with Gasteiger partial charge in [0.1, 0.15) is 6.54 Å². The van der Waals surface area contributed by atoms with Crippen LogP contribution in [0.3, 0.4) is 0 Å². The maximum absolute atomic E-state index is 11.9. The van der Waals surface area contributed by atoms with Gasteiger partial charge in [0, 0.05) is 31.0 Å². The van der Waals surface area contributed by atoms with Crippen LogP contribution in [0, 0.1) is 0 Å². The lowest BCUT2D eigenvalue weighted by Gasteiger charge is -2.19. The number of likely N-dealkylation sites (tertiary alicyclic amines) is 1. The van der Waals surface area contributed by atoms with Crippen LogP contribution in [0.5, 0.6) is 0 Å². The van der Waals surface area contributed by atoms with E-state index in [9.17, 15) is 9.59 Å². The van der Waals surface area contributed by atoms with Crippen LogP contribution in [0.2, 0.25) is 0 Å². The third-order valence-electron chi connectivity index (χ3n) is 3.77. The Morgan fingerprint density at radius 2 is 1.90 bits per heavy atom. The fourth-order valence-electron chi connectivity index (χ4n) is 2.60. The first-order valence-corrected chi connectivity index (χ1v) is 7.60. The van der Waals surface area contributed by atoms with E-state index < -0.39 is 0 Å². The smallest absolute Gasteiger partial charge is 0.251 e. The maximum atomic E-state index is 11.9. The highest BCUT2D eigenvalue weighted by Crippen LogP contribution is 2.08. The highest BCUT2D eigenvalue weighted by Gasteiger charge is 2.09. The van der Waals surface area contributed by atoms with Crippen LogP contribution in [-0.2, 0) is 11.3 Å². The van der Waals surface area contributed by atoms with E-state index in [0.717, 1.165) is 19.6 Å². The van der Waals surface area contributed by atoms with Gasteiger partial charge in [0.2, 0.25) is 5.91 Å². The minimum absolute atomic E-state index is 0.0177. The van der Waals surface area contributed by atoms with Crippen molar-refractivity contribution in [1.82, 2.24) is 14.8 Å². The minimum atomic E-state index is -0.216. The molecule has 1 amide bonds. The lowest BCUT2D eigenvalue weighted by Crippen LogP contribution is -2.38. The molecule has 0 radical (unpaired) electrons. The van der Waals surface area contributed by atoms with Crippen molar-refractivity contribution in [3.8, 4) is 0 Å². The molecule has 1 aromatic heterocycles. The number of hydrogen-bond acceptors (Lipinski definition) is 4. The number of nitrogens with zero attached hydrogens (tertiary/aromatic N) is 2. The van der Waals surface area contributed by atoms with Crippen LogP contribution in [0.4, 0.5) is 5.69 Å². The van der Waals surface area contributed by atoms with Gasteiger partial charge in [-0.2, -0.15) is 0 Å². The molecule has 6 heteroatoms. The number of nitrogens with two attached hydrogens (primary N) is 1. The first-order chi connectivity index (χ1) is 10.1. The van der Waals surface area contributed by atoms with Gasteiger partial charge >= 0.3 is 0 Å². The van der Waals surface area contributed by atoms with E-state index in [2.05, 4.69) is 10.2 Å². The van der Waals surface area contributed by atoms with Crippen molar-refractivity contribution < 1.29 is 4.79 Å². The van der Waals surface area contributed by atoms with Crippen LogP contribution in [0.25, 0.3) is 0 Å². The second-order valence-electron chi connectivity index (χ2n) is 5.53. The second kappa shape index (κ2) is 7.83. The van der Waals surface area contributed by atoms with Gasteiger partial charge in [0.25, 0.3) is 5.56 Å². The summed E-state index contributed by atoms with van der Waals surface area (Å²) in [6.45, 7) is 3.74. The summed E-state index contributed by atoms with van der Waals surface area (Å²) in [6.07, 6.45) is 6.60. The molecule has 2 heterocycles. The van der Waals surface area contributed by atoms with Crippen molar-refractivity contribution in [2.24, 2.45) is 0 Å². The molecule has 1 aliphatic heterocycles. The summed E-state index contributed by atoms with van der Waals surface area (Å²) in [5.74, 6) is -0.155. The number of pyridine rings is 1. The molecular weight excluding hydrogens is 268 g/mol. The van der Waals surface area contributed by atoms with Crippen molar-refractivity contribution in [2.75, 3.05) is 31.9 Å². The van der Waals surface area contributed by atoms with Crippen LogP contribution in [0.1, 0.15) is 25.7 Å². The Morgan fingerprint density at radius 3 is 2.62 bits per heavy atom. The molecule has 0 bridgehead atoms. The Kier molecular flexibility index (Phi) is 5.80. The molecule has 116 valence electrons. The van der Waals surface area contributed by atoms with E-state index in [1.165, 1.54) is 48.6 Å². The molecule has 6 nitrogen and oxygen atoms in total. The molecule has 1 aromatic rings. The number of anilines is 1. The monoisotopic (exact) mass is 292 g/mol. The second-order valence-corrected chi connectivity index (χ2v) is 5.53. The standard InChI is InChI=1S/C15H24N4O2/c16-13-5-6-15(21)19(11-13)12-14(20)17-7-10-18-8-3-1-2-4-9-18/h5-6,11H,1-4,7-10,12,16H2,(H,17,20). The first kappa shape index (κ1) is 15.6. The minimum Gasteiger partial charge on any atom is -0.398 e. The summed E-state index contributed by atoms with van der Waals surface area (Å²) in [6, 6.07) is 2.91. The summed E-state index contributed by atoms with van der Waals surface area (Å²) in [5, 5.41) is 2.86. The molecule has 21 heavy (non-hydrogen) atoms. The fourth-order valence-corrected chi connectivity index (χ4v) is 2.60.